The number of benzene rings is 2. The Balaban J connectivity index is 1.47. The number of rotatable bonds is 9. The van der Waals surface area contributed by atoms with Gasteiger partial charge >= 0.3 is 11.9 Å². The van der Waals surface area contributed by atoms with Crippen LogP contribution in [-0.4, -0.2) is 56.4 Å². The van der Waals surface area contributed by atoms with Gasteiger partial charge in [-0.15, -0.1) is 23.1 Å². The number of carbonyl (C=O) groups excluding carboxylic acids is 4. The van der Waals surface area contributed by atoms with E-state index in [1.165, 1.54) is 34.3 Å². The quantitative estimate of drug-likeness (QED) is 0.136. The smallest absolute Gasteiger partial charge is 0.337 e. The molecule has 40 heavy (non-hydrogen) atoms. The van der Waals surface area contributed by atoms with Crippen LogP contribution >= 0.6 is 45.7 Å². The minimum Gasteiger partial charge on any atom is -0.461 e. The maximum Gasteiger partial charge on any atom is 0.337 e. The zero-order valence-corrected chi connectivity index (χ0v) is 25.1. The van der Waals surface area contributed by atoms with Crippen molar-refractivity contribution in [3.05, 3.63) is 101 Å². The van der Waals surface area contributed by atoms with Gasteiger partial charge in [-0.2, -0.15) is 0 Å². The van der Waals surface area contributed by atoms with E-state index in [9.17, 15) is 19.2 Å². The fourth-order valence-electron chi connectivity index (χ4n) is 4.63. The van der Waals surface area contributed by atoms with Crippen molar-refractivity contribution in [1.82, 2.24) is 4.90 Å². The molecule has 0 saturated carbocycles. The van der Waals surface area contributed by atoms with Crippen LogP contribution in [0, 0.1) is 0 Å². The summed E-state index contributed by atoms with van der Waals surface area (Å²) in [7, 11) is 0. The van der Waals surface area contributed by atoms with Crippen molar-refractivity contribution in [3.8, 4) is 0 Å². The van der Waals surface area contributed by atoms with Gasteiger partial charge in [0, 0.05) is 17.6 Å². The molecule has 3 heterocycles. The van der Waals surface area contributed by atoms with Gasteiger partial charge < -0.3 is 14.4 Å². The molecule has 5 rings (SSSR count). The Morgan fingerprint density at radius 1 is 1.00 bits per heavy atom. The van der Waals surface area contributed by atoms with E-state index in [2.05, 4.69) is 22.6 Å². The lowest BCUT2D eigenvalue weighted by atomic mass is 10.0. The molecule has 2 aromatic carbocycles. The number of halogens is 1. The number of hydrogen-bond donors (Lipinski definition) is 0. The van der Waals surface area contributed by atoms with Gasteiger partial charge in [-0.1, -0.05) is 83.3 Å². The second-order valence-electron chi connectivity index (χ2n) is 8.98. The molecule has 2 unspecified atom stereocenters. The minimum atomic E-state index is -1.06. The van der Waals surface area contributed by atoms with E-state index >= 15 is 0 Å². The van der Waals surface area contributed by atoms with Gasteiger partial charge in [-0.25, -0.2) is 4.79 Å². The van der Waals surface area contributed by atoms with E-state index in [1.807, 2.05) is 66.0 Å². The normalized spacial score (nSPS) is 19.8. The highest BCUT2D eigenvalue weighted by Gasteiger charge is 2.57. The van der Waals surface area contributed by atoms with E-state index in [0.29, 0.717) is 9.43 Å². The third-order valence-electron chi connectivity index (χ3n) is 6.45. The number of β-lactam (4-membered cyclic amide) rings is 1. The molecule has 1 fully saturated rings. The molecule has 206 valence electrons. The summed E-state index contributed by atoms with van der Waals surface area (Å²) in [5.41, 5.74) is 1.59. The van der Waals surface area contributed by atoms with Crippen molar-refractivity contribution in [3.63, 3.8) is 0 Å². The van der Waals surface area contributed by atoms with Crippen molar-refractivity contribution < 1.29 is 28.7 Å². The Bertz CT molecular complexity index is 1380. The molecule has 0 radical (unpaired) electrons. The van der Waals surface area contributed by atoms with Crippen LogP contribution in [0.5, 0.6) is 0 Å². The Morgan fingerprint density at radius 2 is 1.65 bits per heavy atom. The highest BCUT2D eigenvalue weighted by Crippen LogP contribution is 2.45. The van der Waals surface area contributed by atoms with Gasteiger partial charge in [0.2, 0.25) is 5.91 Å². The van der Waals surface area contributed by atoms with Gasteiger partial charge in [-0.3, -0.25) is 19.3 Å². The van der Waals surface area contributed by atoms with Crippen LogP contribution in [0.2, 0.25) is 0 Å². The largest absolute Gasteiger partial charge is 0.461 e. The van der Waals surface area contributed by atoms with Crippen LogP contribution in [0.25, 0.3) is 0 Å². The molecule has 0 aliphatic carbocycles. The fraction of sp³-hybridized carbons (Fsp3) is 0.241. The Morgan fingerprint density at radius 3 is 2.20 bits per heavy atom. The molecule has 2 aliphatic heterocycles. The average molecular weight is 689 g/mol. The van der Waals surface area contributed by atoms with Crippen LogP contribution in [0.3, 0.4) is 0 Å². The highest BCUT2D eigenvalue weighted by molar-refractivity contribution is 14.1. The molecule has 0 spiro atoms. The monoisotopic (exact) mass is 688 g/mol. The predicted molar refractivity (Wildman–Crippen MR) is 162 cm³/mol. The highest BCUT2D eigenvalue weighted by atomic mass is 127. The van der Waals surface area contributed by atoms with Gasteiger partial charge in [0.25, 0.3) is 5.91 Å². The lowest BCUT2D eigenvalue weighted by Gasteiger charge is -2.51. The van der Waals surface area contributed by atoms with Crippen molar-refractivity contribution in [2.45, 2.75) is 29.7 Å². The van der Waals surface area contributed by atoms with Crippen molar-refractivity contribution >= 4 is 74.4 Å². The van der Waals surface area contributed by atoms with Gasteiger partial charge in [0.1, 0.15) is 23.3 Å². The van der Waals surface area contributed by atoms with E-state index in [0.717, 1.165) is 22.9 Å². The Labute approximate surface area is 253 Å². The van der Waals surface area contributed by atoms with Crippen molar-refractivity contribution in [2.75, 3.05) is 15.9 Å². The van der Waals surface area contributed by atoms with E-state index < -0.39 is 34.7 Å². The number of nitrogens with zero attached hydrogens (tertiary/aromatic N) is 2. The Kier molecular flexibility index (Phi) is 8.91. The summed E-state index contributed by atoms with van der Waals surface area (Å²) in [6, 6.07) is 21.5. The molecule has 11 heteroatoms. The number of carbonyl (C=O) groups is 4. The maximum absolute atomic E-state index is 13.9. The summed E-state index contributed by atoms with van der Waals surface area (Å²) in [5.74, 6) is -1.94. The van der Waals surface area contributed by atoms with Crippen LogP contribution in [0.1, 0.15) is 24.2 Å². The van der Waals surface area contributed by atoms with Crippen LogP contribution < -0.4 is 4.90 Å². The van der Waals surface area contributed by atoms with Crippen LogP contribution in [-0.2, 0) is 28.7 Å². The molecule has 2 amide bonds. The fourth-order valence-corrected chi connectivity index (χ4v) is 7.09. The lowest BCUT2D eigenvalue weighted by molar-refractivity contribution is -0.149. The molecule has 3 atom stereocenters. The topological polar surface area (TPSA) is 93.2 Å². The van der Waals surface area contributed by atoms with Crippen molar-refractivity contribution in [1.29, 1.82) is 0 Å². The zero-order chi connectivity index (χ0) is 28.2. The summed E-state index contributed by atoms with van der Waals surface area (Å²) < 4.78 is 12.0. The molecule has 8 nitrogen and oxygen atoms in total. The number of fused-ring (bicyclic) bond motifs is 1. The summed E-state index contributed by atoms with van der Waals surface area (Å²) in [5, 5.41) is 0.818. The number of amides is 2. The van der Waals surface area contributed by atoms with Crippen LogP contribution in [0.15, 0.2) is 89.9 Å². The second-order valence-corrected chi connectivity index (χ2v) is 12.2. The maximum atomic E-state index is 13.9. The van der Waals surface area contributed by atoms with E-state index in [1.54, 1.807) is 12.1 Å². The molecule has 0 N–H and O–H groups in total. The number of ether oxygens (including phenoxy) is 2. The van der Waals surface area contributed by atoms with E-state index in [4.69, 9.17) is 9.47 Å². The Hall–Kier alpha value is -3.16. The van der Waals surface area contributed by atoms with E-state index in [-0.39, 0.29) is 24.0 Å². The third kappa shape index (κ3) is 5.68. The number of thiophene rings is 1. The number of hydrogen-bond acceptors (Lipinski definition) is 8. The molecule has 1 saturated heterocycles. The molecule has 2 aliphatic rings. The molecule has 0 bridgehead atoms. The first-order valence-corrected chi connectivity index (χ1v) is 15.8. The summed E-state index contributed by atoms with van der Waals surface area (Å²) >= 11 is 4.55. The number of thioether (sulfide) groups is 1. The number of anilines is 1. The first-order valence-electron chi connectivity index (χ1n) is 12.5. The lowest BCUT2D eigenvalue weighted by Crippen LogP contribution is -2.70. The number of alkyl halides is 1. The molecule has 3 aromatic rings. The predicted octanol–water partition coefficient (Wildman–Crippen LogP) is 4.95. The SMILES string of the molecule is CC(=O)N(c1cccs1)C1C(=O)N2C=C(C(=O)OCCI)C(C(=O)OC(c3ccccc3)c3ccccc3)S[C@H]12. The zero-order valence-electron chi connectivity index (χ0n) is 21.3. The van der Waals surface area contributed by atoms with Gasteiger partial charge in [-0.05, 0) is 28.6 Å². The standard InChI is InChI=1S/C29H25IN2O6S2/c1-18(33)32(22-13-8-16-39-22)23-26(34)31-17-21(28(35)37-15-14-30)25(40-27(23)31)29(36)38-24(19-9-4-2-5-10-19)20-11-6-3-7-12-20/h2-13,16-17,23-25,27H,14-15H2,1H3/t23?,25?,27-/m1/s1. The van der Waals surface area contributed by atoms with Gasteiger partial charge in [0.05, 0.1) is 10.6 Å². The third-order valence-corrected chi connectivity index (χ3v) is 9.24. The summed E-state index contributed by atoms with van der Waals surface area (Å²) in [6.07, 6.45) is 0.674. The minimum absolute atomic E-state index is 0.0354. The first-order chi connectivity index (χ1) is 19.4. The molecule has 1 aromatic heterocycles. The summed E-state index contributed by atoms with van der Waals surface area (Å²) in [6.45, 7) is 1.57. The van der Waals surface area contributed by atoms with Crippen molar-refractivity contribution in [2.24, 2.45) is 0 Å². The first kappa shape index (κ1) is 28.4. The molecular weight excluding hydrogens is 663 g/mol. The second kappa shape index (κ2) is 12.6. The number of esters is 2. The average Bonchev–Trinajstić information content (AvgIpc) is 3.51. The van der Waals surface area contributed by atoms with Crippen LogP contribution in [0.4, 0.5) is 5.00 Å². The van der Waals surface area contributed by atoms with Gasteiger partial charge in [0.15, 0.2) is 6.10 Å². The summed E-state index contributed by atoms with van der Waals surface area (Å²) in [4.78, 5) is 55.7. The molecular formula is C29H25IN2O6S2.